The van der Waals surface area contributed by atoms with Crippen molar-refractivity contribution in [2.75, 3.05) is 14.2 Å². The van der Waals surface area contributed by atoms with Crippen molar-refractivity contribution < 1.29 is 19.1 Å². The van der Waals surface area contributed by atoms with Gasteiger partial charge >= 0.3 is 11.9 Å². The molecule has 5 rings (SSSR count). The molecule has 0 N–H and O–H groups in total. The van der Waals surface area contributed by atoms with Gasteiger partial charge in [0.15, 0.2) is 0 Å². The van der Waals surface area contributed by atoms with Crippen LogP contribution in [0.4, 0.5) is 0 Å². The fourth-order valence-corrected chi connectivity index (χ4v) is 8.53. The summed E-state index contributed by atoms with van der Waals surface area (Å²) in [6, 6.07) is 45.4. The molecule has 0 aliphatic carbocycles. The molecule has 0 atom stereocenters. The van der Waals surface area contributed by atoms with Crippen LogP contribution in [0, 0.1) is 0 Å². The molecule has 7 heteroatoms. The molecule has 0 aliphatic heterocycles. The number of benzene rings is 4. The first kappa shape index (κ1) is 30.1. The fraction of sp³-hybridized carbons (Fsp3) is 0.0541. The van der Waals surface area contributed by atoms with E-state index in [1.165, 1.54) is 14.2 Å². The third-order valence-electron chi connectivity index (χ3n) is 6.98. The van der Waals surface area contributed by atoms with Gasteiger partial charge in [0, 0.05) is 33.8 Å². The van der Waals surface area contributed by atoms with Crippen LogP contribution in [0.3, 0.4) is 0 Å². The summed E-state index contributed by atoms with van der Waals surface area (Å²) in [4.78, 5) is 31.0. The number of esters is 2. The highest BCUT2D eigenvalue weighted by Gasteiger charge is 2.31. The molecule has 0 saturated heterocycles. The Labute approximate surface area is 257 Å². The highest BCUT2D eigenvalue weighted by Crippen LogP contribution is 2.50. The minimum Gasteiger partial charge on any atom is -0.466 e. The molecular weight excluding hydrogens is 567 g/mol. The Morgan fingerprint density at radius 2 is 1.11 bits per heavy atom. The molecule has 0 radical (unpaired) electrons. The molecule has 6 nitrogen and oxygen atoms in total. The van der Waals surface area contributed by atoms with E-state index in [-0.39, 0.29) is 5.57 Å². The lowest BCUT2D eigenvalue weighted by molar-refractivity contribution is -0.138. The SMILES string of the molecule is COC(=O)/C=C(C(=O)OC)/C(=C(/N=P(c1ccccc1)(c1ccccc1)c1ccccc1)c1ccccn1)c1ccccc1. The number of hydrogen-bond donors (Lipinski definition) is 0. The van der Waals surface area contributed by atoms with Gasteiger partial charge in [-0.05, 0) is 17.7 Å². The van der Waals surface area contributed by atoms with Gasteiger partial charge in [-0.25, -0.2) is 9.59 Å². The van der Waals surface area contributed by atoms with Crippen LogP contribution in [0.25, 0.3) is 11.3 Å². The highest BCUT2D eigenvalue weighted by molar-refractivity contribution is 7.87. The zero-order chi connectivity index (χ0) is 30.8. The average molecular weight is 599 g/mol. The van der Waals surface area contributed by atoms with Crippen molar-refractivity contribution in [1.82, 2.24) is 4.98 Å². The first-order valence-electron chi connectivity index (χ1n) is 14.0. The second-order valence-electron chi connectivity index (χ2n) is 9.62. The summed E-state index contributed by atoms with van der Waals surface area (Å²) in [6.07, 6.45) is 2.84. The third-order valence-corrected chi connectivity index (χ3v) is 10.6. The van der Waals surface area contributed by atoms with Crippen LogP contribution in [-0.2, 0) is 19.1 Å². The van der Waals surface area contributed by atoms with Crippen LogP contribution >= 0.6 is 7.05 Å². The Kier molecular flexibility index (Phi) is 9.75. The van der Waals surface area contributed by atoms with Gasteiger partial charge < -0.3 is 9.47 Å². The topological polar surface area (TPSA) is 77.9 Å². The van der Waals surface area contributed by atoms with Gasteiger partial charge in [0.1, 0.15) is 0 Å². The van der Waals surface area contributed by atoms with Gasteiger partial charge in [-0.2, -0.15) is 0 Å². The molecule has 44 heavy (non-hydrogen) atoms. The second-order valence-corrected chi connectivity index (χ2v) is 12.6. The summed E-state index contributed by atoms with van der Waals surface area (Å²) in [5, 5.41) is 3.03. The van der Waals surface area contributed by atoms with Crippen LogP contribution in [0.15, 0.2) is 162 Å². The second kappa shape index (κ2) is 14.2. The number of methoxy groups -OCH3 is 2. The Balaban J connectivity index is 2.08. The number of hydrogen-bond acceptors (Lipinski definition) is 6. The smallest absolute Gasteiger partial charge is 0.338 e. The maximum Gasteiger partial charge on any atom is 0.338 e. The lowest BCUT2D eigenvalue weighted by Crippen LogP contribution is -2.25. The van der Waals surface area contributed by atoms with Crippen LogP contribution in [0.5, 0.6) is 0 Å². The van der Waals surface area contributed by atoms with Crippen LogP contribution in [0.2, 0.25) is 0 Å². The molecule has 218 valence electrons. The van der Waals surface area contributed by atoms with Crippen molar-refractivity contribution in [2.45, 2.75) is 0 Å². The van der Waals surface area contributed by atoms with Gasteiger partial charge in [-0.1, -0.05) is 127 Å². The quantitative estimate of drug-likeness (QED) is 0.0850. The molecule has 0 aliphatic rings. The first-order valence-corrected chi connectivity index (χ1v) is 15.7. The van der Waals surface area contributed by atoms with Gasteiger partial charge in [-0.15, -0.1) is 0 Å². The molecule has 5 aromatic rings. The zero-order valence-corrected chi connectivity index (χ0v) is 25.3. The molecule has 0 fully saturated rings. The number of carbonyl (C=O) groups excluding carboxylic acids is 2. The van der Waals surface area contributed by atoms with Crippen molar-refractivity contribution in [3.63, 3.8) is 0 Å². The maximum atomic E-state index is 13.5. The van der Waals surface area contributed by atoms with Crippen LogP contribution < -0.4 is 15.9 Å². The number of rotatable bonds is 9. The Morgan fingerprint density at radius 3 is 1.55 bits per heavy atom. The van der Waals surface area contributed by atoms with Crippen LogP contribution in [-0.4, -0.2) is 31.1 Å². The van der Waals surface area contributed by atoms with E-state index in [1.807, 2.05) is 103 Å². The molecular formula is C37H31N2O4P. The van der Waals surface area contributed by atoms with Crippen molar-refractivity contribution in [3.8, 4) is 0 Å². The predicted octanol–water partition coefficient (Wildman–Crippen LogP) is 6.40. The minimum atomic E-state index is -2.84. The van der Waals surface area contributed by atoms with Gasteiger partial charge in [0.25, 0.3) is 0 Å². The predicted molar refractivity (Wildman–Crippen MR) is 177 cm³/mol. The third kappa shape index (κ3) is 6.36. The minimum absolute atomic E-state index is 0.00207. The summed E-state index contributed by atoms with van der Waals surface area (Å²) in [7, 11) is -0.292. The normalized spacial score (nSPS) is 12.1. The number of pyridine rings is 1. The Bertz CT molecular complexity index is 1740. The monoisotopic (exact) mass is 598 g/mol. The zero-order valence-electron chi connectivity index (χ0n) is 24.4. The van der Waals surface area contributed by atoms with Gasteiger partial charge in [-0.3, -0.25) is 9.73 Å². The standard InChI is InChI=1S/C37H31N2O4P/c1-42-34(40)27-32(37(41)43-2)35(28-17-7-3-8-18-28)36(33-25-15-16-26-38-33)39-44(29-19-9-4-10-20-29,30-21-11-5-12-22-30)31-23-13-6-14-24-31/h3-27H,1-2H3/b32-27-,36-35+. The van der Waals surface area contributed by atoms with E-state index in [9.17, 15) is 9.59 Å². The molecule has 0 unspecified atom stereocenters. The highest BCUT2D eigenvalue weighted by atomic mass is 31.2. The van der Waals surface area contributed by atoms with Crippen molar-refractivity contribution in [1.29, 1.82) is 0 Å². The Hall–Kier alpha value is -5.32. The van der Waals surface area contributed by atoms with E-state index < -0.39 is 19.0 Å². The molecule has 1 aromatic heterocycles. The Morgan fingerprint density at radius 1 is 0.636 bits per heavy atom. The number of carbonyl (C=O) groups is 2. The van der Waals surface area contributed by atoms with Crippen molar-refractivity contribution in [3.05, 3.63) is 169 Å². The molecule has 0 saturated carbocycles. The number of ether oxygens (including phenoxy) is 2. The maximum absolute atomic E-state index is 13.5. The largest absolute Gasteiger partial charge is 0.466 e. The van der Waals surface area contributed by atoms with Gasteiger partial charge in [0.05, 0.1) is 38.2 Å². The van der Waals surface area contributed by atoms with Crippen molar-refractivity contribution >= 4 is 46.2 Å². The summed E-state index contributed by atoms with van der Waals surface area (Å²) in [5.74, 6) is -1.41. The summed E-state index contributed by atoms with van der Waals surface area (Å²) >= 11 is 0. The lowest BCUT2D eigenvalue weighted by atomic mass is 9.94. The van der Waals surface area contributed by atoms with E-state index >= 15 is 0 Å². The first-order chi connectivity index (χ1) is 21.6. The molecule has 1 heterocycles. The lowest BCUT2D eigenvalue weighted by Gasteiger charge is -2.28. The fourth-order valence-electron chi connectivity index (χ4n) is 4.98. The molecule has 0 amide bonds. The average Bonchev–Trinajstić information content (AvgIpc) is 3.11. The van der Waals surface area contributed by atoms with E-state index in [0.717, 1.165) is 22.0 Å². The van der Waals surface area contributed by atoms with Gasteiger partial charge in [0.2, 0.25) is 0 Å². The van der Waals surface area contributed by atoms with E-state index in [2.05, 4.69) is 36.4 Å². The van der Waals surface area contributed by atoms with Crippen LogP contribution in [0.1, 0.15) is 11.3 Å². The summed E-state index contributed by atoms with van der Waals surface area (Å²) in [6.45, 7) is 0. The number of aromatic nitrogens is 1. The van der Waals surface area contributed by atoms with E-state index in [4.69, 9.17) is 19.2 Å². The molecule has 4 aromatic carbocycles. The van der Waals surface area contributed by atoms with E-state index in [0.29, 0.717) is 22.5 Å². The number of nitrogens with zero attached hydrogens (tertiary/aromatic N) is 2. The van der Waals surface area contributed by atoms with Crippen molar-refractivity contribution in [2.24, 2.45) is 4.74 Å². The molecule has 0 spiro atoms. The van der Waals surface area contributed by atoms with E-state index in [1.54, 1.807) is 6.20 Å². The summed E-state index contributed by atoms with van der Waals surface area (Å²) in [5.41, 5.74) is 2.01. The summed E-state index contributed by atoms with van der Waals surface area (Å²) < 4.78 is 16.0. The molecule has 0 bridgehead atoms.